The van der Waals surface area contributed by atoms with Crippen LogP contribution in [0.2, 0.25) is 0 Å². The van der Waals surface area contributed by atoms with Crippen molar-refractivity contribution >= 4 is 23.5 Å². The fourth-order valence-electron chi connectivity index (χ4n) is 2.27. The summed E-state index contributed by atoms with van der Waals surface area (Å²) in [6, 6.07) is 0.242. The average molecular weight is 296 g/mol. The molecule has 1 aromatic heterocycles. The lowest BCUT2D eigenvalue weighted by Crippen LogP contribution is -2.39. The molecule has 0 atom stereocenters. The fraction of sp³-hybridized carbons (Fsp3) is 0.667. The second-order valence-electron chi connectivity index (χ2n) is 5.12. The zero-order valence-electron chi connectivity index (χ0n) is 11.0. The zero-order chi connectivity index (χ0) is 14.1. The molecule has 2 fully saturated rings. The Bertz CT molecular complexity index is 580. The highest BCUT2D eigenvalue weighted by molar-refractivity contribution is 7.99. The van der Waals surface area contributed by atoms with Gasteiger partial charge >= 0.3 is 5.69 Å². The third-order valence-corrected chi connectivity index (χ3v) is 4.52. The molecule has 1 aromatic rings. The lowest BCUT2D eigenvalue weighted by atomic mass is 10.1. The number of carbonyl (C=O) groups is 2. The Morgan fingerprint density at radius 3 is 2.65 bits per heavy atom. The minimum absolute atomic E-state index is 0.000274. The van der Waals surface area contributed by atoms with E-state index in [-0.39, 0.29) is 29.2 Å². The van der Waals surface area contributed by atoms with E-state index in [9.17, 15) is 14.4 Å². The summed E-state index contributed by atoms with van der Waals surface area (Å²) in [6.45, 7) is 1.02. The van der Waals surface area contributed by atoms with Crippen molar-refractivity contribution in [2.75, 3.05) is 18.8 Å². The maximum Gasteiger partial charge on any atom is 0.344 e. The van der Waals surface area contributed by atoms with Gasteiger partial charge in [-0.1, -0.05) is 11.8 Å². The van der Waals surface area contributed by atoms with E-state index in [1.54, 1.807) is 9.47 Å². The van der Waals surface area contributed by atoms with Gasteiger partial charge in [-0.25, -0.2) is 9.89 Å². The molecule has 2 heterocycles. The number of aromatic nitrogens is 3. The number of Topliss-reactive ketones (excluding diaryl/α,β-unsaturated/α-hetero) is 1. The van der Waals surface area contributed by atoms with Crippen molar-refractivity contribution in [1.29, 1.82) is 0 Å². The number of thioether (sulfide) groups is 1. The molecule has 3 rings (SSSR count). The van der Waals surface area contributed by atoms with Gasteiger partial charge in [0, 0.05) is 32.0 Å². The van der Waals surface area contributed by atoms with Crippen LogP contribution >= 0.6 is 11.8 Å². The van der Waals surface area contributed by atoms with Gasteiger partial charge in [0.1, 0.15) is 5.78 Å². The Morgan fingerprint density at radius 2 is 2.00 bits per heavy atom. The summed E-state index contributed by atoms with van der Waals surface area (Å²) in [4.78, 5) is 36.5. The summed E-state index contributed by atoms with van der Waals surface area (Å²) in [7, 11) is 0. The number of hydrogen-bond acceptors (Lipinski definition) is 5. The molecule has 1 saturated heterocycles. The van der Waals surface area contributed by atoms with Crippen molar-refractivity contribution in [2.45, 2.75) is 36.9 Å². The van der Waals surface area contributed by atoms with Crippen LogP contribution < -0.4 is 5.69 Å². The van der Waals surface area contributed by atoms with Crippen molar-refractivity contribution in [3.63, 3.8) is 0 Å². The van der Waals surface area contributed by atoms with Gasteiger partial charge in [-0.2, -0.15) is 0 Å². The zero-order valence-corrected chi connectivity index (χ0v) is 11.8. The van der Waals surface area contributed by atoms with Gasteiger partial charge in [0.2, 0.25) is 5.91 Å². The number of amides is 1. The minimum Gasteiger partial charge on any atom is -0.341 e. The average Bonchev–Trinajstić information content (AvgIpc) is 3.21. The summed E-state index contributed by atoms with van der Waals surface area (Å²) in [5.74, 6) is 0.474. The molecule has 0 radical (unpaired) electrons. The first kappa shape index (κ1) is 13.4. The fourth-order valence-corrected chi connectivity index (χ4v) is 3.19. The minimum atomic E-state index is -0.203. The molecular weight excluding hydrogens is 280 g/mol. The lowest BCUT2D eigenvalue weighted by Gasteiger charge is -2.25. The maximum absolute atomic E-state index is 12.1. The quantitative estimate of drug-likeness (QED) is 0.801. The number of likely N-dealkylation sites (tertiary alicyclic amines) is 1. The number of hydrogen-bond donors (Lipinski definition) is 1. The Balaban J connectivity index is 1.58. The van der Waals surface area contributed by atoms with Crippen LogP contribution in [0.15, 0.2) is 9.95 Å². The summed E-state index contributed by atoms with van der Waals surface area (Å²) < 4.78 is 1.64. The van der Waals surface area contributed by atoms with E-state index in [2.05, 4.69) is 10.2 Å². The van der Waals surface area contributed by atoms with Crippen LogP contribution in [-0.4, -0.2) is 50.2 Å². The number of nitrogens with one attached hydrogen (secondary N) is 1. The Kier molecular flexibility index (Phi) is 3.64. The molecule has 8 heteroatoms. The molecule has 0 bridgehead atoms. The third-order valence-electron chi connectivity index (χ3n) is 3.58. The number of H-pyrrole nitrogens is 1. The smallest absolute Gasteiger partial charge is 0.341 e. The second-order valence-corrected chi connectivity index (χ2v) is 6.06. The first-order valence-corrected chi connectivity index (χ1v) is 7.73. The van der Waals surface area contributed by atoms with E-state index in [4.69, 9.17) is 0 Å². The van der Waals surface area contributed by atoms with Crippen LogP contribution in [0, 0.1) is 0 Å². The first-order valence-electron chi connectivity index (χ1n) is 6.74. The van der Waals surface area contributed by atoms with Gasteiger partial charge in [0.05, 0.1) is 5.75 Å². The molecule has 1 aliphatic heterocycles. The van der Waals surface area contributed by atoms with Crippen LogP contribution in [0.3, 0.4) is 0 Å². The Hall–Kier alpha value is -1.57. The SMILES string of the molecule is O=C1CCN(C(=O)CSc2n[nH]c(=O)n2C2CC2)CC1. The Morgan fingerprint density at radius 1 is 1.30 bits per heavy atom. The van der Waals surface area contributed by atoms with E-state index in [1.807, 2.05) is 0 Å². The standard InChI is InChI=1S/C12H16N4O3S/c17-9-3-5-15(6-4-9)10(18)7-20-12-14-13-11(19)16(12)8-1-2-8/h8H,1-7H2,(H,13,19). The number of rotatable bonds is 4. The van der Waals surface area contributed by atoms with Gasteiger partial charge in [0.15, 0.2) is 5.16 Å². The summed E-state index contributed by atoms with van der Waals surface area (Å²) in [5.41, 5.74) is -0.203. The van der Waals surface area contributed by atoms with Gasteiger partial charge in [-0.05, 0) is 12.8 Å². The molecule has 1 aliphatic carbocycles. The van der Waals surface area contributed by atoms with E-state index >= 15 is 0 Å². The largest absolute Gasteiger partial charge is 0.344 e. The number of piperidine rings is 1. The van der Waals surface area contributed by atoms with Gasteiger partial charge < -0.3 is 4.90 Å². The summed E-state index contributed by atoms with van der Waals surface area (Å²) >= 11 is 1.28. The monoisotopic (exact) mass is 296 g/mol. The molecule has 0 aromatic carbocycles. The van der Waals surface area contributed by atoms with Crippen molar-refractivity contribution in [3.05, 3.63) is 10.5 Å². The highest BCUT2D eigenvalue weighted by Crippen LogP contribution is 2.36. The second kappa shape index (κ2) is 5.43. The predicted octanol–water partition coefficient (Wildman–Crippen LogP) is 0.190. The highest BCUT2D eigenvalue weighted by Gasteiger charge is 2.29. The van der Waals surface area contributed by atoms with E-state index in [1.165, 1.54) is 11.8 Å². The van der Waals surface area contributed by atoms with Crippen molar-refractivity contribution in [3.8, 4) is 0 Å². The van der Waals surface area contributed by atoms with Gasteiger partial charge in [0.25, 0.3) is 0 Å². The highest BCUT2D eigenvalue weighted by atomic mass is 32.2. The molecule has 7 nitrogen and oxygen atoms in total. The number of ketones is 1. The van der Waals surface area contributed by atoms with Crippen LogP contribution in [0.5, 0.6) is 0 Å². The predicted molar refractivity (Wildman–Crippen MR) is 72.7 cm³/mol. The third kappa shape index (κ3) is 2.79. The molecular formula is C12H16N4O3S. The maximum atomic E-state index is 12.1. The molecule has 1 saturated carbocycles. The van der Waals surface area contributed by atoms with Crippen molar-refractivity contribution in [2.24, 2.45) is 0 Å². The topological polar surface area (TPSA) is 88.1 Å². The van der Waals surface area contributed by atoms with Gasteiger partial charge in [-0.3, -0.25) is 14.2 Å². The van der Waals surface area contributed by atoms with Crippen LogP contribution in [0.1, 0.15) is 31.7 Å². The molecule has 2 aliphatic rings. The van der Waals surface area contributed by atoms with Crippen LogP contribution in [0.4, 0.5) is 0 Å². The van der Waals surface area contributed by atoms with Crippen LogP contribution in [-0.2, 0) is 9.59 Å². The van der Waals surface area contributed by atoms with Crippen molar-refractivity contribution < 1.29 is 9.59 Å². The molecule has 0 spiro atoms. The number of aromatic amines is 1. The Labute approximate surface area is 119 Å². The number of carbonyl (C=O) groups excluding carboxylic acids is 2. The van der Waals surface area contributed by atoms with E-state index in [0.29, 0.717) is 31.1 Å². The van der Waals surface area contributed by atoms with E-state index in [0.717, 1.165) is 12.8 Å². The lowest BCUT2D eigenvalue weighted by molar-refractivity contribution is -0.132. The molecule has 1 amide bonds. The molecule has 1 N–H and O–H groups in total. The van der Waals surface area contributed by atoms with Gasteiger partial charge in [-0.15, -0.1) is 5.10 Å². The summed E-state index contributed by atoms with van der Waals surface area (Å²) in [5, 5.41) is 6.99. The molecule has 108 valence electrons. The molecule has 20 heavy (non-hydrogen) atoms. The first-order chi connectivity index (χ1) is 9.65. The van der Waals surface area contributed by atoms with E-state index < -0.39 is 0 Å². The number of nitrogens with zero attached hydrogens (tertiary/aromatic N) is 3. The summed E-state index contributed by atoms with van der Waals surface area (Å²) in [6.07, 6.45) is 2.89. The van der Waals surface area contributed by atoms with Crippen LogP contribution in [0.25, 0.3) is 0 Å². The molecule has 0 unspecified atom stereocenters. The van der Waals surface area contributed by atoms with Crippen molar-refractivity contribution in [1.82, 2.24) is 19.7 Å². The normalized spacial score (nSPS) is 19.4.